The topological polar surface area (TPSA) is 66.4 Å². The van der Waals surface area contributed by atoms with Crippen LogP contribution in [-0.2, 0) is 6.54 Å². The van der Waals surface area contributed by atoms with Gasteiger partial charge in [-0.3, -0.25) is 15.1 Å². The number of carbonyl (C=O) groups excluding carboxylic acids is 1. The molecule has 1 heterocycles. The van der Waals surface area contributed by atoms with Crippen molar-refractivity contribution < 1.29 is 9.18 Å². The summed E-state index contributed by atoms with van der Waals surface area (Å²) in [6.45, 7) is 0.318. The first-order valence-electron chi connectivity index (χ1n) is 8.23. The third kappa shape index (κ3) is 5.61. The molecule has 0 atom stereocenters. The summed E-state index contributed by atoms with van der Waals surface area (Å²) in [4.78, 5) is 21.0. The summed E-state index contributed by atoms with van der Waals surface area (Å²) in [5.74, 6) is -0.652. The molecule has 0 fully saturated rings. The van der Waals surface area contributed by atoms with Crippen molar-refractivity contribution in [2.24, 2.45) is 4.99 Å². The Morgan fingerprint density at radius 3 is 2.64 bits per heavy atom. The minimum atomic E-state index is -0.527. The molecule has 0 aliphatic heterocycles. The molecule has 142 valence electrons. The number of rotatable bonds is 4. The van der Waals surface area contributed by atoms with Crippen molar-refractivity contribution >= 4 is 45.1 Å². The van der Waals surface area contributed by atoms with E-state index in [-0.39, 0.29) is 16.9 Å². The highest BCUT2D eigenvalue weighted by Crippen LogP contribution is 2.19. The van der Waals surface area contributed by atoms with Crippen LogP contribution in [0.15, 0.2) is 76.5 Å². The number of pyridine rings is 1. The summed E-state index contributed by atoms with van der Waals surface area (Å²) in [7, 11) is 0. The van der Waals surface area contributed by atoms with E-state index < -0.39 is 5.82 Å². The first-order chi connectivity index (χ1) is 13.5. The van der Waals surface area contributed by atoms with E-state index in [9.17, 15) is 9.18 Å². The molecule has 5 nitrogen and oxygen atoms in total. The zero-order valence-corrected chi connectivity index (χ0v) is 16.8. The van der Waals surface area contributed by atoms with Crippen LogP contribution in [0.25, 0.3) is 0 Å². The van der Waals surface area contributed by atoms with Gasteiger partial charge in [0, 0.05) is 28.1 Å². The van der Waals surface area contributed by atoms with Crippen LogP contribution in [-0.4, -0.2) is 16.9 Å². The van der Waals surface area contributed by atoms with Gasteiger partial charge in [0.05, 0.1) is 11.6 Å². The SMILES string of the molecule is O=C(NC(=NCc1ccncc1)Nc1ccc(F)c(Cl)c1)c1cccc(Br)c1. The summed E-state index contributed by atoms with van der Waals surface area (Å²) >= 11 is 9.18. The number of benzene rings is 2. The highest BCUT2D eigenvalue weighted by atomic mass is 79.9. The van der Waals surface area contributed by atoms with Crippen LogP contribution in [0.2, 0.25) is 5.02 Å². The van der Waals surface area contributed by atoms with Crippen LogP contribution < -0.4 is 10.6 Å². The maximum atomic E-state index is 13.4. The number of guanidine groups is 1. The van der Waals surface area contributed by atoms with Crippen molar-refractivity contribution in [1.82, 2.24) is 10.3 Å². The molecule has 28 heavy (non-hydrogen) atoms. The number of aromatic nitrogens is 1. The standard InChI is InChI=1S/C20H15BrClFN4O/c21-15-3-1-2-14(10-15)19(28)27-20(25-12-13-6-8-24-9-7-13)26-16-4-5-18(23)17(22)11-16/h1-11H,12H2,(H2,25,26,27,28). The van der Waals surface area contributed by atoms with Crippen LogP contribution in [0.3, 0.4) is 0 Å². The second-order valence-corrected chi connectivity index (χ2v) is 7.06. The van der Waals surface area contributed by atoms with E-state index in [0.29, 0.717) is 17.8 Å². The van der Waals surface area contributed by atoms with Gasteiger partial charge in [-0.15, -0.1) is 0 Å². The van der Waals surface area contributed by atoms with Crippen molar-refractivity contribution in [3.05, 3.63) is 93.4 Å². The fraction of sp³-hybridized carbons (Fsp3) is 0.0500. The molecule has 1 amide bonds. The molecule has 1 aromatic heterocycles. The lowest BCUT2D eigenvalue weighted by Gasteiger charge is -2.12. The fourth-order valence-electron chi connectivity index (χ4n) is 2.29. The number of carbonyl (C=O) groups is 1. The molecule has 2 aromatic carbocycles. The minimum Gasteiger partial charge on any atom is -0.326 e. The number of nitrogens with one attached hydrogen (secondary N) is 2. The lowest BCUT2D eigenvalue weighted by Crippen LogP contribution is -2.36. The first kappa shape index (κ1) is 20.0. The van der Waals surface area contributed by atoms with Crippen molar-refractivity contribution in [1.29, 1.82) is 0 Å². The molecule has 2 N–H and O–H groups in total. The minimum absolute atomic E-state index is 0.0307. The van der Waals surface area contributed by atoms with Gasteiger partial charge in [-0.25, -0.2) is 9.38 Å². The lowest BCUT2D eigenvalue weighted by atomic mass is 10.2. The van der Waals surface area contributed by atoms with E-state index in [1.165, 1.54) is 18.2 Å². The highest BCUT2D eigenvalue weighted by molar-refractivity contribution is 9.10. The van der Waals surface area contributed by atoms with Gasteiger partial charge in [0.15, 0.2) is 0 Å². The van der Waals surface area contributed by atoms with E-state index in [1.54, 1.807) is 30.6 Å². The van der Waals surface area contributed by atoms with Gasteiger partial charge in [0.1, 0.15) is 5.82 Å². The largest absolute Gasteiger partial charge is 0.326 e. The van der Waals surface area contributed by atoms with Crippen molar-refractivity contribution in [2.45, 2.75) is 6.54 Å². The molecule has 0 aliphatic carbocycles. The Bertz CT molecular complexity index is 1010. The molecule has 0 unspecified atom stereocenters. The molecular formula is C20H15BrClFN4O. The maximum Gasteiger partial charge on any atom is 0.257 e. The zero-order chi connectivity index (χ0) is 19.9. The number of hydrogen-bond donors (Lipinski definition) is 2. The van der Waals surface area contributed by atoms with Gasteiger partial charge < -0.3 is 5.32 Å². The molecule has 0 spiro atoms. The van der Waals surface area contributed by atoms with E-state index in [1.807, 2.05) is 18.2 Å². The first-order valence-corrected chi connectivity index (χ1v) is 9.41. The van der Waals surface area contributed by atoms with Gasteiger partial charge in [0.25, 0.3) is 5.91 Å². The molecule has 0 saturated carbocycles. The monoisotopic (exact) mass is 460 g/mol. The number of halogens is 3. The zero-order valence-electron chi connectivity index (χ0n) is 14.5. The van der Waals surface area contributed by atoms with Gasteiger partial charge in [-0.05, 0) is 54.1 Å². The Labute approximate surface area is 174 Å². The summed E-state index contributed by atoms with van der Waals surface area (Å²) in [5.41, 5.74) is 1.88. The molecule has 0 aliphatic rings. The number of nitrogens with zero attached hydrogens (tertiary/aromatic N) is 2. The van der Waals surface area contributed by atoms with Gasteiger partial charge in [-0.2, -0.15) is 0 Å². The predicted molar refractivity (Wildman–Crippen MR) is 112 cm³/mol. The predicted octanol–water partition coefficient (Wildman–Crippen LogP) is 5.03. The summed E-state index contributed by atoms with van der Waals surface area (Å²) in [6, 6.07) is 14.8. The third-order valence-electron chi connectivity index (χ3n) is 3.67. The van der Waals surface area contributed by atoms with Crippen molar-refractivity contribution in [3.63, 3.8) is 0 Å². The number of hydrogen-bond acceptors (Lipinski definition) is 3. The van der Waals surface area contributed by atoms with E-state index in [0.717, 1.165) is 10.0 Å². The normalized spacial score (nSPS) is 11.2. The van der Waals surface area contributed by atoms with Crippen molar-refractivity contribution in [3.8, 4) is 0 Å². The maximum absolute atomic E-state index is 13.4. The van der Waals surface area contributed by atoms with Gasteiger partial charge >= 0.3 is 0 Å². The molecule has 0 saturated heterocycles. The van der Waals surface area contributed by atoms with Crippen LogP contribution in [0, 0.1) is 5.82 Å². The Morgan fingerprint density at radius 1 is 1.14 bits per heavy atom. The van der Waals surface area contributed by atoms with E-state index in [4.69, 9.17) is 11.6 Å². The number of amides is 1. The quantitative estimate of drug-likeness (QED) is 0.423. The second kappa shape index (κ2) is 9.43. The van der Waals surface area contributed by atoms with Crippen LogP contribution >= 0.6 is 27.5 Å². The Balaban J connectivity index is 1.82. The van der Waals surface area contributed by atoms with Crippen molar-refractivity contribution in [2.75, 3.05) is 5.32 Å². The third-order valence-corrected chi connectivity index (χ3v) is 4.45. The molecule has 3 aromatic rings. The molecular weight excluding hydrogens is 447 g/mol. The second-order valence-electron chi connectivity index (χ2n) is 5.74. The Hall–Kier alpha value is -2.77. The Morgan fingerprint density at radius 2 is 1.93 bits per heavy atom. The van der Waals surface area contributed by atoms with E-state index >= 15 is 0 Å². The molecule has 3 rings (SSSR count). The molecule has 0 radical (unpaired) electrons. The molecule has 8 heteroatoms. The molecule has 0 bridgehead atoms. The van der Waals surface area contributed by atoms with E-state index in [2.05, 4.69) is 36.5 Å². The average molecular weight is 462 g/mol. The highest BCUT2D eigenvalue weighted by Gasteiger charge is 2.11. The number of aliphatic imine (C=N–C) groups is 1. The fourth-order valence-corrected chi connectivity index (χ4v) is 2.87. The summed E-state index contributed by atoms with van der Waals surface area (Å²) < 4.78 is 14.2. The van der Waals surface area contributed by atoms with Crippen LogP contribution in [0.1, 0.15) is 15.9 Å². The van der Waals surface area contributed by atoms with Gasteiger partial charge in [-0.1, -0.05) is 33.6 Å². The smallest absolute Gasteiger partial charge is 0.257 e. The average Bonchev–Trinajstić information content (AvgIpc) is 2.69. The Kier molecular flexibility index (Phi) is 6.73. The summed E-state index contributed by atoms with van der Waals surface area (Å²) in [6.07, 6.45) is 3.33. The summed E-state index contributed by atoms with van der Waals surface area (Å²) in [5, 5.41) is 5.68. The lowest BCUT2D eigenvalue weighted by molar-refractivity contribution is 0.0977. The number of anilines is 1. The van der Waals surface area contributed by atoms with Crippen LogP contribution in [0.5, 0.6) is 0 Å². The van der Waals surface area contributed by atoms with Crippen LogP contribution in [0.4, 0.5) is 10.1 Å². The van der Waals surface area contributed by atoms with Gasteiger partial charge in [0.2, 0.25) is 5.96 Å².